The number of hydrogen-bond donors (Lipinski definition) is 3. The Balaban J connectivity index is 1.78. The molecule has 1 aromatic carbocycles. The lowest BCUT2D eigenvalue weighted by atomic mass is 9.89. The predicted octanol–water partition coefficient (Wildman–Crippen LogP) is 3.96. The molecule has 31 heavy (non-hydrogen) atoms. The summed E-state index contributed by atoms with van der Waals surface area (Å²) in [5, 5.41) is 31.0. The standard InChI is InChI=1S/C26H38O5/c1-3-19(2)31-26(30)14-10-5-4-9-13-22-23(25(29)18-24(22)28)16-15-21(27)17-20-11-7-6-8-12-20/h4,6-9,11-12,15-16,19,21-25,27-29H,3,5,10,13-14,17-18H2,1-2H3/b9-4-,16-15+/t19?,21-,22?,23?,24+,25-/m1/s1. The van der Waals surface area contributed by atoms with Crippen LogP contribution in [0.15, 0.2) is 54.6 Å². The molecule has 0 aliphatic heterocycles. The van der Waals surface area contributed by atoms with Gasteiger partial charge in [-0.05, 0) is 44.1 Å². The second kappa shape index (κ2) is 13.5. The van der Waals surface area contributed by atoms with Gasteiger partial charge in [0.25, 0.3) is 0 Å². The third-order valence-corrected chi connectivity index (χ3v) is 5.99. The van der Waals surface area contributed by atoms with E-state index in [0.717, 1.165) is 24.8 Å². The van der Waals surface area contributed by atoms with E-state index in [2.05, 4.69) is 0 Å². The lowest BCUT2D eigenvalue weighted by Crippen LogP contribution is -2.20. The molecule has 5 heteroatoms. The summed E-state index contributed by atoms with van der Waals surface area (Å²) < 4.78 is 5.26. The van der Waals surface area contributed by atoms with Crippen molar-refractivity contribution in [2.75, 3.05) is 0 Å². The van der Waals surface area contributed by atoms with Crippen molar-refractivity contribution < 1.29 is 24.9 Å². The molecular weight excluding hydrogens is 392 g/mol. The number of benzene rings is 1. The number of aliphatic hydroxyl groups is 3. The van der Waals surface area contributed by atoms with Gasteiger partial charge in [-0.1, -0.05) is 61.6 Å². The van der Waals surface area contributed by atoms with Crippen molar-refractivity contribution in [1.29, 1.82) is 0 Å². The Morgan fingerprint density at radius 3 is 2.65 bits per heavy atom. The van der Waals surface area contributed by atoms with Gasteiger partial charge in [-0.25, -0.2) is 0 Å². The quantitative estimate of drug-likeness (QED) is 0.265. The highest BCUT2D eigenvalue weighted by Gasteiger charge is 2.39. The smallest absolute Gasteiger partial charge is 0.306 e. The van der Waals surface area contributed by atoms with Crippen molar-refractivity contribution in [2.24, 2.45) is 11.8 Å². The Hall–Kier alpha value is -1.95. The van der Waals surface area contributed by atoms with Crippen molar-refractivity contribution in [3.63, 3.8) is 0 Å². The van der Waals surface area contributed by atoms with E-state index in [4.69, 9.17) is 4.74 Å². The van der Waals surface area contributed by atoms with Crippen LogP contribution in [0.4, 0.5) is 0 Å². The summed E-state index contributed by atoms with van der Waals surface area (Å²) in [7, 11) is 0. The molecule has 0 spiro atoms. The van der Waals surface area contributed by atoms with Crippen LogP contribution in [0.25, 0.3) is 0 Å². The lowest BCUT2D eigenvalue weighted by molar-refractivity contribution is -0.148. The molecule has 1 fully saturated rings. The van der Waals surface area contributed by atoms with Crippen LogP contribution in [-0.4, -0.2) is 45.7 Å². The highest BCUT2D eigenvalue weighted by atomic mass is 16.5. The largest absolute Gasteiger partial charge is 0.463 e. The first-order chi connectivity index (χ1) is 14.9. The second-order valence-corrected chi connectivity index (χ2v) is 8.56. The number of aliphatic hydroxyl groups excluding tert-OH is 3. The molecule has 3 N–H and O–H groups in total. The first kappa shape index (κ1) is 25.3. The van der Waals surface area contributed by atoms with Crippen LogP contribution in [0.3, 0.4) is 0 Å². The summed E-state index contributed by atoms with van der Waals surface area (Å²) in [5.74, 6) is -0.422. The summed E-state index contributed by atoms with van der Waals surface area (Å²) in [6.45, 7) is 3.88. The van der Waals surface area contributed by atoms with Gasteiger partial charge >= 0.3 is 5.97 Å². The molecule has 0 radical (unpaired) electrons. The minimum absolute atomic E-state index is 0.0328. The number of esters is 1. The molecular formula is C26H38O5. The summed E-state index contributed by atoms with van der Waals surface area (Å²) in [5.41, 5.74) is 1.05. The molecule has 0 amide bonds. The average Bonchev–Trinajstić information content (AvgIpc) is 3.01. The first-order valence-electron chi connectivity index (χ1n) is 11.5. The van der Waals surface area contributed by atoms with Crippen molar-refractivity contribution >= 4 is 5.97 Å². The molecule has 0 aromatic heterocycles. The molecule has 0 bridgehead atoms. The summed E-state index contributed by atoms with van der Waals surface area (Å²) in [4.78, 5) is 11.7. The zero-order chi connectivity index (χ0) is 22.6. The Morgan fingerprint density at radius 1 is 1.19 bits per heavy atom. The van der Waals surface area contributed by atoms with Gasteiger partial charge < -0.3 is 20.1 Å². The zero-order valence-electron chi connectivity index (χ0n) is 18.8. The second-order valence-electron chi connectivity index (χ2n) is 8.56. The number of rotatable bonds is 12. The minimum atomic E-state index is -0.626. The Kier molecular flexibility index (Phi) is 11.0. The topological polar surface area (TPSA) is 87.0 Å². The van der Waals surface area contributed by atoms with E-state index < -0.39 is 18.3 Å². The van der Waals surface area contributed by atoms with Gasteiger partial charge in [-0.2, -0.15) is 0 Å². The van der Waals surface area contributed by atoms with E-state index in [-0.39, 0.29) is 23.9 Å². The van der Waals surface area contributed by atoms with E-state index in [1.807, 2.05) is 62.4 Å². The monoisotopic (exact) mass is 430 g/mol. The van der Waals surface area contributed by atoms with Gasteiger partial charge in [0.1, 0.15) is 0 Å². The van der Waals surface area contributed by atoms with Crippen LogP contribution >= 0.6 is 0 Å². The molecule has 1 aliphatic carbocycles. The Labute approximate surface area is 186 Å². The van der Waals surface area contributed by atoms with E-state index in [0.29, 0.717) is 25.7 Å². The molecule has 1 saturated carbocycles. The van der Waals surface area contributed by atoms with Gasteiger partial charge in [0.05, 0.1) is 24.4 Å². The number of unbranched alkanes of at least 4 members (excludes halogenated alkanes) is 1. The zero-order valence-corrected chi connectivity index (χ0v) is 18.8. The van der Waals surface area contributed by atoms with Gasteiger partial charge in [0.2, 0.25) is 0 Å². The van der Waals surface area contributed by atoms with Crippen molar-refractivity contribution in [2.45, 2.75) is 83.2 Å². The number of ether oxygens (including phenoxy) is 1. The van der Waals surface area contributed by atoms with Crippen molar-refractivity contribution in [3.05, 3.63) is 60.2 Å². The van der Waals surface area contributed by atoms with Gasteiger partial charge in [-0.3, -0.25) is 4.79 Å². The van der Waals surface area contributed by atoms with Crippen molar-refractivity contribution in [3.8, 4) is 0 Å². The lowest BCUT2D eigenvalue weighted by Gasteiger charge is -2.19. The third kappa shape index (κ3) is 8.98. The molecule has 5 nitrogen and oxygen atoms in total. The number of carbonyl (C=O) groups excluding carboxylic acids is 1. The predicted molar refractivity (Wildman–Crippen MR) is 122 cm³/mol. The van der Waals surface area contributed by atoms with Crippen LogP contribution in [-0.2, 0) is 16.0 Å². The fourth-order valence-electron chi connectivity index (χ4n) is 3.99. The maximum atomic E-state index is 11.7. The fourth-order valence-corrected chi connectivity index (χ4v) is 3.99. The van der Waals surface area contributed by atoms with E-state index in [1.54, 1.807) is 6.08 Å². The summed E-state index contributed by atoms with van der Waals surface area (Å²) in [6.07, 6.45) is 10.1. The molecule has 2 rings (SSSR count). The number of allylic oxidation sites excluding steroid dienone is 2. The number of carbonyl (C=O) groups is 1. The maximum absolute atomic E-state index is 11.7. The Bertz CT molecular complexity index is 699. The fraction of sp³-hybridized carbons (Fsp3) is 0.577. The molecule has 1 aromatic rings. The van der Waals surface area contributed by atoms with Crippen LogP contribution in [0.1, 0.15) is 57.9 Å². The molecule has 172 valence electrons. The van der Waals surface area contributed by atoms with Gasteiger partial charge in [0, 0.05) is 25.2 Å². The molecule has 1 aliphatic rings. The minimum Gasteiger partial charge on any atom is -0.463 e. The van der Waals surface area contributed by atoms with E-state index in [9.17, 15) is 20.1 Å². The van der Waals surface area contributed by atoms with Gasteiger partial charge in [0.15, 0.2) is 0 Å². The van der Waals surface area contributed by atoms with Gasteiger partial charge in [-0.15, -0.1) is 0 Å². The molecule has 3 unspecified atom stereocenters. The maximum Gasteiger partial charge on any atom is 0.306 e. The Morgan fingerprint density at radius 2 is 1.94 bits per heavy atom. The molecule has 0 heterocycles. The normalized spacial score (nSPS) is 25.8. The van der Waals surface area contributed by atoms with Crippen molar-refractivity contribution in [1.82, 2.24) is 0 Å². The highest BCUT2D eigenvalue weighted by Crippen LogP contribution is 2.36. The van der Waals surface area contributed by atoms with E-state index in [1.165, 1.54) is 0 Å². The van der Waals surface area contributed by atoms with Crippen LogP contribution in [0.5, 0.6) is 0 Å². The van der Waals surface area contributed by atoms with Crippen LogP contribution in [0.2, 0.25) is 0 Å². The summed E-state index contributed by atoms with van der Waals surface area (Å²) >= 11 is 0. The average molecular weight is 431 g/mol. The third-order valence-electron chi connectivity index (χ3n) is 5.99. The SMILES string of the molecule is CCC(C)OC(=O)CCC/C=C\CC1C(/C=C/[C@@H](O)Cc2ccccc2)[C@H](O)C[C@@H]1O. The van der Waals surface area contributed by atoms with Crippen LogP contribution in [0, 0.1) is 11.8 Å². The molecule has 0 saturated heterocycles. The summed E-state index contributed by atoms with van der Waals surface area (Å²) in [6, 6.07) is 9.78. The highest BCUT2D eigenvalue weighted by molar-refractivity contribution is 5.69. The van der Waals surface area contributed by atoms with Crippen LogP contribution < -0.4 is 0 Å². The van der Waals surface area contributed by atoms with E-state index >= 15 is 0 Å². The number of hydrogen-bond acceptors (Lipinski definition) is 5. The first-order valence-corrected chi connectivity index (χ1v) is 11.5. The molecule has 6 atom stereocenters.